The van der Waals surface area contributed by atoms with Crippen molar-refractivity contribution in [3.63, 3.8) is 0 Å². The molecule has 26 heavy (non-hydrogen) atoms. The molecule has 1 N–H and O–H groups in total. The topological polar surface area (TPSA) is 57.6 Å². The lowest BCUT2D eigenvalue weighted by molar-refractivity contribution is -0.160. The maximum Gasteiger partial charge on any atom is 0.310 e. The Morgan fingerprint density at radius 3 is 2.27 bits per heavy atom. The molecule has 1 amide bonds. The highest BCUT2D eigenvalue weighted by Gasteiger charge is 2.47. The lowest BCUT2D eigenvalue weighted by atomic mass is 9.66. The first-order chi connectivity index (χ1) is 12.6. The van der Waals surface area contributed by atoms with Crippen LogP contribution in [0.3, 0.4) is 0 Å². The second-order valence-electron chi connectivity index (χ2n) is 7.54. The van der Waals surface area contributed by atoms with Crippen molar-refractivity contribution >= 4 is 11.9 Å². The van der Waals surface area contributed by atoms with Gasteiger partial charge in [-0.3, -0.25) is 9.59 Å². The molecule has 0 radical (unpaired) electrons. The van der Waals surface area contributed by atoms with E-state index in [4.69, 9.17) is 0 Å². The van der Waals surface area contributed by atoms with Crippen LogP contribution in [0.4, 0.5) is 0 Å². The Labute approximate surface area is 153 Å². The molecule has 2 aromatic rings. The first-order valence-electron chi connectivity index (χ1n) is 9.24. The average molecular weight is 349 g/mol. The number of carboxylic acids is 1. The highest BCUT2D eigenvalue weighted by molar-refractivity contribution is 5.86. The Kier molecular flexibility index (Phi) is 4.27. The van der Waals surface area contributed by atoms with Gasteiger partial charge in [-0.05, 0) is 36.0 Å². The number of carbonyl (C=O) groups excluding carboxylic acids is 1. The van der Waals surface area contributed by atoms with Gasteiger partial charge in [0.1, 0.15) is 0 Å². The molecule has 0 saturated heterocycles. The van der Waals surface area contributed by atoms with E-state index in [0.717, 1.165) is 24.0 Å². The molecule has 4 rings (SSSR count). The maximum absolute atomic E-state index is 13.2. The molecule has 2 aromatic carbocycles. The predicted octanol–water partition coefficient (Wildman–Crippen LogP) is 3.96. The zero-order valence-corrected chi connectivity index (χ0v) is 14.7. The number of carboxylic acid groups (broad SMARTS) is 1. The van der Waals surface area contributed by atoms with Crippen molar-refractivity contribution in [3.8, 4) is 0 Å². The third-order valence-corrected chi connectivity index (χ3v) is 6.01. The SMILES string of the molecule is O=C(CC1(C(=O)O)CCC1)N1Cc2ccccc2CC1c1ccccc1. The van der Waals surface area contributed by atoms with Crippen molar-refractivity contribution in [2.45, 2.75) is 44.7 Å². The third kappa shape index (κ3) is 2.90. The fourth-order valence-corrected chi connectivity index (χ4v) is 4.22. The highest BCUT2D eigenvalue weighted by Crippen LogP contribution is 2.45. The van der Waals surface area contributed by atoms with E-state index in [0.29, 0.717) is 19.4 Å². The summed E-state index contributed by atoms with van der Waals surface area (Å²) in [5, 5.41) is 9.60. The summed E-state index contributed by atoms with van der Waals surface area (Å²) in [7, 11) is 0. The van der Waals surface area contributed by atoms with Crippen LogP contribution in [0, 0.1) is 5.41 Å². The largest absolute Gasteiger partial charge is 0.481 e. The number of amides is 1. The molecule has 0 bridgehead atoms. The first-order valence-corrected chi connectivity index (χ1v) is 9.24. The number of hydrogen-bond acceptors (Lipinski definition) is 2. The summed E-state index contributed by atoms with van der Waals surface area (Å²) in [4.78, 5) is 26.8. The van der Waals surface area contributed by atoms with Crippen LogP contribution in [0.1, 0.15) is 48.4 Å². The van der Waals surface area contributed by atoms with Gasteiger partial charge in [-0.25, -0.2) is 0 Å². The Hall–Kier alpha value is -2.62. The van der Waals surface area contributed by atoms with E-state index in [2.05, 4.69) is 24.3 Å². The summed E-state index contributed by atoms with van der Waals surface area (Å²) < 4.78 is 0. The maximum atomic E-state index is 13.2. The van der Waals surface area contributed by atoms with Crippen LogP contribution in [-0.4, -0.2) is 21.9 Å². The molecule has 4 heteroatoms. The molecular weight excluding hydrogens is 326 g/mol. The van der Waals surface area contributed by atoms with Gasteiger partial charge in [0, 0.05) is 13.0 Å². The van der Waals surface area contributed by atoms with E-state index in [1.807, 2.05) is 35.2 Å². The molecule has 1 fully saturated rings. The van der Waals surface area contributed by atoms with Crippen molar-refractivity contribution in [3.05, 3.63) is 71.3 Å². The van der Waals surface area contributed by atoms with Crippen molar-refractivity contribution in [1.29, 1.82) is 0 Å². The smallest absolute Gasteiger partial charge is 0.310 e. The Bertz CT molecular complexity index is 826. The van der Waals surface area contributed by atoms with Gasteiger partial charge in [0.25, 0.3) is 0 Å². The summed E-state index contributed by atoms with van der Waals surface area (Å²) in [6, 6.07) is 18.2. The van der Waals surface area contributed by atoms with Gasteiger partial charge in [-0.1, -0.05) is 61.0 Å². The van der Waals surface area contributed by atoms with E-state index in [-0.39, 0.29) is 18.4 Å². The van der Waals surface area contributed by atoms with Gasteiger partial charge in [0.15, 0.2) is 0 Å². The molecule has 1 heterocycles. The van der Waals surface area contributed by atoms with Gasteiger partial charge < -0.3 is 10.0 Å². The minimum atomic E-state index is -0.852. The molecule has 1 unspecified atom stereocenters. The number of carbonyl (C=O) groups is 2. The quantitative estimate of drug-likeness (QED) is 0.909. The van der Waals surface area contributed by atoms with Gasteiger partial charge >= 0.3 is 5.97 Å². The number of nitrogens with zero attached hydrogens (tertiary/aromatic N) is 1. The molecule has 0 aromatic heterocycles. The van der Waals surface area contributed by atoms with Gasteiger partial charge in [0.05, 0.1) is 11.5 Å². The molecule has 0 spiro atoms. The monoisotopic (exact) mass is 349 g/mol. The standard InChI is InChI=1S/C22H23NO3/c24-20(14-22(21(25)26)11-6-12-22)23-15-18-10-5-4-9-17(18)13-19(23)16-7-2-1-3-8-16/h1-5,7-10,19H,6,11-15H2,(H,25,26). The molecular formula is C22H23NO3. The van der Waals surface area contributed by atoms with E-state index in [1.54, 1.807) is 0 Å². The Morgan fingerprint density at radius 1 is 1.00 bits per heavy atom. The summed E-state index contributed by atoms with van der Waals surface area (Å²) in [5.74, 6) is -0.874. The van der Waals surface area contributed by atoms with Crippen LogP contribution in [0.15, 0.2) is 54.6 Å². The fourth-order valence-electron chi connectivity index (χ4n) is 4.22. The van der Waals surface area contributed by atoms with Crippen LogP contribution >= 0.6 is 0 Å². The molecule has 1 saturated carbocycles. The summed E-state index contributed by atoms with van der Waals surface area (Å²) in [5.41, 5.74) is 2.68. The van der Waals surface area contributed by atoms with Crippen LogP contribution in [0.2, 0.25) is 0 Å². The zero-order chi connectivity index (χ0) is 18.1. The molecule has 4 nitrogen and oxygen atoms in total. The highest BCUT2D eigenvalue weighted by atomic mass is 16.4. The number of hydrogen-bond donors (Lipinski definition) is 1. The second-order valence-corrected chi connectivity index (χ2v) is 7.54. The van der Waals surface area contributed by atoms with Gasteiger partial charge in [-0.15, -0.1) is 0 Å². The number of aliphatic carboxylic acids is 1. The van der Waals surface area contributed by atoms with E-state index in [1.165, 1.54) is 5.56 Å². The minimum absolute atomic E-state index is 0.0375. The molecule has 1 aliphatic carbocycles. The zero-order valence-electron chi connectivity index (χ0n) is 14.7. The average Bonchev–Trinajstić information content (AvgIpc) is 2.64. The van der Waals surface area contributed by atoms with Crippen LogP contribution in [0.5, 0.6) is 0 Å². The van der Waals surface area contributed by atoms with E-state index in [9.17, 15) is 14.7 Å². The lowest BCUT2D eigenvalue weighted by Crippen LogP contribution is -2.46. The van der Waals surface area contributed by atoms with Crippen LogP contribution < -0.4 is 0 Å². The fraction of sp³-hybridized carbons (Fsp3) is 0.364. The normalized spacial score (nSPS) is 20.8. The van der Waals surface area contributed by atoms with Gasteiger partial charge in [-0.2, -0.15) is 0 Å². The lowest BCUT2D eigenvalue weighted by Gasteiger charge is -2.42. The number of benzene rings is 2. The number of rotatable bonds is 4. The van der Waals surface area contributed by atoms with Crippen LogP contribution in [-0.2, 0) is 22.6 Å². The van der Waals surface area contributed by atoms with Crippen molar-refractivity contribution < 1.29 is 14.7 Å². The molecule has 1 atom stereocenters. The first kappa shape index (κ1) is 16.8. The van der Waals surface area contributed by atoms with Crippen molar-refractivity contribution in [2.75, 3.05) is 0 Å². The van der Waals surface area contributed by atoms with E-state index < -0.39 is 11.4 Å². The molecule has 2 aliphatic rings. The third-order valence-electron chi connectivity index (χ3n) is 6.01. The summed E-state index contributed by atoms with van der Waals surface area (Å²) >= 11 is 0. The Balaban J connectivity index is 1.65. The minimum Gasteiger partial charge on any atom is -0.481 e. The van der Waals surface area contributed by atoms with E-state index >= 15 is 0 Å². The predicted molar refractivity (Wildman–Crippen MR) is 98.4 cm³/mol. The number of fused-ring (bicyclic) bond motifs is 1. The van der Waals surface area contributed by atoms with Crippen molar-refractivity contribution in [1.82, 2.24) is 4.90 Å². The summed E-state index contributed by atoms with van der Waals surface area (Å²) in [6.07, 6.45) is 2.98. The van der Waals surface area contributed by atoms with Gasteiger partial charge in [0.2, 0.25) is 5.91 Å². The van der Waals surface area contributed by atoms with Crippen LogP contribution in [0.25, 0.3) is 0 Å². The molecule has 1 aliphatic heterocycles. The molecule has 134 valence electrons. The summed E-state index contributed by atoms with van der Waals surface area (Å²) in [6.45, 7) is 0.546. The Morgan fingerprint density at radius 2 is 1.65 bits per heavy atom. The second kappa shape index (κ2) is 6.60. The van der Waals surface area contributed by atoms with Crippen molar-refractivity contribution in [2.24, 2.45) is 5.41 Å².